The van der Waals surface area contributed by atoms with E-state index < -0.39 is 0 Å². The molecule has 1 heterocycles. The van der Waals surface area contributed by atoms with Gasteiger partial charge in [0, 0.05) is 27.2 Å². The Hall–Kier alpha value is -1.83. The molecule has 2 rings (SSSR count). The van der Waals surface area contributed by atoms with Crippen molar-refractivity contribution >= 4 is 35.8 Å². The minimum Gasteiger partial charge on any atom is -0.363 e. The van der Waals surface area contributed by atoms with Crippen molar-refractivity contribution in [2.24, 2.45) is 4.99 Å². The monoisotopic (exact) mass is 481 g/mol. The number of nitrogens with zero attached hydrogens (tertiary/aromatic N) is 3. The molecule has 2 aromatic rings. The third kappa shape index (κ3) is 7.74. The number of anilines is 1. The van der Waals surface area contributed by atoms with E-state index in [0.29, 0.717) is 12.5 Å². The number of aliphatic imine (C=N–C) groups is 1. The Labute approximate surface area is 180 Å². The summed E-state index contributed by atoms with van der Waals surface area (Å²) in [6, 6.07) is 14.7. The lowest BCUT2D eigenvalue weighted by molar-refractivity contribution is 0.698. The van der Waals surface area contributed by atoms with Crippen LogP contribution in [0.2, 0.25) is 0 Å². The second-order valence-corrected chi connectivity index (χ2v) is 6.77. The van der Waals surface area contributed by atoms with E-state index in [0.717, 1.165) is 30.6 Å². The molecule has 148 valence electrons. The van der Waals surface area contributed by atoms with Gasteiger partial charge in [0.25, 0.3) is 0 Å². The number of rotatable bonds is 7. The maximum Gasteiger partial charge on any atom is 0.191 e. The van der Waals surface area contributed by atoms with Crippen LogP contribution in [-0.4, -0.2) is 38.1 Å². The van der Waals surface area contributed by atoms with Crippen LogP contribution in [-0.2, 0) is 6.54 Å². The topological polar surface area (TPSA) is 52.6 Å². The fraction of sp³-hybridized carbons (Fsp3) is 0.429. The van der Waals surface area contributed by atoms with Gasteiger partial charge in [-0.3, -0.25) is 0 Å². The Morgan fingerprint density at radius 2 is 1.89 bits per heavy atom. The minimum absolute atomic E-state index is 0. The van der Waals surface area contributed by atoms with Gasteiger partial charge in [-0.2, -0.15) is 0 Å². The summed E-state index contributed by atoms with van der Waals surface area (Å²) < 4.78 is 0. The lowest BCUT2D eigenvalue weighted by atomic mass is 9.99. The summed E-state index contributed by atoms with van der Waals surface area (Å²) in [7, 11) is 3.99. The van der Waals surface area contributed by atoms with Crippen LogP contribution in [0.1, 0.15) is 36.6 Å². The predicted molar refractivity (Wildman–Crippen MR) is 126 cm³/mol. The van der Waals surface area contributed by atoms with Crippen LogP contribution in [0.4, 0.5) is 5.82 Å². The van der Waals surface area contributed by atoms with Crippen LogP contribution in [0.5, 0.6) is 0 Å². The lowest BCUT2D eigenvalue weighted by Crippen LogP contribution is -2.39. The quantitative estimate of drug-likeness (QED) is 0.358. The Bertz CT molecular complexity index is 730. The number of hydrogen-bond acceptors (Lipinski definition) is 3. The molecule has 5 nitrogen and oxygen atoms in total. The zero-order valence-corrected chi connectivity index (χ0v) is 19.3. The van der Waals surface area contributed by atoms with E-state index in [9.17, 15) is 0 Å². The molecular formula is C21H32IN5. The average Bonchev–Trinajstić information content (AvgIpc) is 2.64. The first kappa shape index (κ1) is 23.2. The molecule has 27 heavy (non-hydrogen) atoms. The molecule has 0 spiro atoms. The van der Waals surface area contributed by atoms with Crippen LogP contribution in [0.3, 0.4) is 0 Å². The highest BCUT2D eigenvalue weighted by molar-refractivity contribution is 14.0. The van der Waals surface area contributed by atoms with Crippen molar-refractivity contribution < 1.29 is 0 Å². The maximum absolute atomic E-state index is 4.68. The van der Waals surface area contributed by atoms with Crippen molar-refractivity contribution in [3.05, 3.63) is 59.3 Å². The van der Waals surface area contributed by atoms with Crippen LogP contribution in [0.15, 0.2) is 47.5 Å². The smallest absolute Gasteiger partial charge is 0.191 e. The second kappa shape index (κ2) is 11.8. The normalized spacial score (nSPS) is 12.1. The highest BCUT2D eigenvalue weighted by atomic mass is 127. The van der Waals surface area contributed by atoms with Crippen LogP contribution < -0.4 is 15.5 Å². The standard InChI is InChI=1S/C21H31N5.HI/c1-6-22-21(23-14-17(3)18-10-7-9-16(2)13-18)24-15-19-11-8-12-20(25-19)26(4)5;/h7-13,17H,6,14-15H2,1-5H3,(H2,22,23,24);1H. The summed E-state index contributed by atoms with van der Waals surface area (Å²) in [6.07, 6.45) is 0. The molecule has 1 atom stereocenters. The van der Waals surface area contributed by atoms with Crippen molar-refractivity contribution in [1.82, 2.24) is 15.6 Å². The zero-order valence-electron chi connectivity index (χ0n) is 17.0. The molecular weight excluding hydrogens is 449 g/mol. The maximum atomic E-state index is 4.68. The molecule has 2 N–H and O–H groups in total. The van der Waals surface area contributed by atoms with Gasteiger partial charge in [0.1, 0.15) is 5.82 Å². The van der Waals surface area contributed by atoms with Crippen molar-refractivity contribution in [3.8, 4) is 0 Å². The molecule has 6 heteroatoms. The van der Waals surface area contributed by atoms with Gasteiger partial charge in [-0.1, -0.05) is 42.8 Å². The first-order valence-corrected chi connectivity index (χ1v) is 9.21. The average molecular weight is 481 g/mol. The number of aromatic nitrogens is 1. The Kier molecular flexibility index (Phi) is 10.1. The fourth-order valence-electron chi connectivity index (χ4n) is 2.65. The molecule has 1 aromatic heterocycles. The van der Waals surface area contributed by atoms with E-state index in [4.69, 9.17) is 0 Å². The molecule has 0 saturated carbocycles. The lowest BCUT2D eigenvalue weighted by Gasteiger charge is -2.17. The van der Waals surface area contributed by atoms with Crippen LogP contribution in [0, 0.1) is 6.92 Å². The van der Waals surface area contributed by atoms with Gasteiger partial charge in [0.2, 0.25) is 0 Å². The van der Waals surface area contributed by atoms with Gasteiger partial charge in [0.15, 0.2) is 5.96 Å². The number of hydrogen-bond donors (Lipinski definition) is 2. The number of aryl methyl sites for hydroxylation is 1. The van der Waals surface area contributed by atoms with Crippen molar-refractivity contribution in [2.45, 2.75) is 33.2 Å². The molecule has 0 amide bonds. The van der Waals surface area contributed by atoms with E-state index in [-0.39, 0.29) is 24.0 Å². The molecule has 0 radical (unpaired) electrons. The van der Waals surface area contributed by atoms with Gasteiger partial charge >= 0.3 is 0 Å². The summed E-state index contributed by atoms with van der Waals surface area (Å²) in [4.78, 5) is 11.3. The zero-order chi connectivity index (χ0) is 18.9. The summed E-state index contributed by atoms with van der Waals surface area (Å²) in [6.45, 7) is 8.65. The van der Waals surface area contributed by atoms with E-state index in [2.05, 4.69) is 65.6 Å². The summed E-state index contributed by atoms with van der Waals surface area (Å²) in [5.74, 6) is 2.18. The molecule has 0 aliphatic rings. The molecule has 0 saturated heterocycles. The third-order valence-electron chi connectivity index (χ3n) is 4.18. The minimum atomic E-state index is 0. The van der Waals surface area contributed by atoms with Gasteiger partial charge in [0.05, 0.1) is 12.2 Å². The number of nitrogens with one attached hydrogen (secondary N) is 2. The molecule has 0 aliphatic carbocycles. The molecule has 0 fully saturated rings. The van der Waals surface area contributed by atoms with Crippen LogP contribution in [0.25, 0.3) is 0 Å². The first-order valence-electron chi connectivity index (χ1n) is 9.21. The van der Waals surface area contributed by atoms with Crippen molar-refractivity contribution in [1.29, 1.82) is 0 Å². The number of pyridine rings is 1. The Morgan fingerprint density at radius 3 is 2.56 bits per heavy atom. The highest BCUT2D eigenvalue weighted by Crippen LogP contribution is 2.15. The first-order chi connectivity index (χ1) is 12.5. The van der Waals surface area contributed by atoms with Gasteiger partial charge in [-0.05, 0) is 37.5 Å². The van der Waals surface area contributed by atoms with Gasteiger partial charge in [-0.25, -0.2) is 9.98 Å². The second-order valence-electron chi connectivity index (χ2n) is 6.77. The summed E-state index contributed by atoms with van der Waals surface area (Å²) >= 11 is 0. The molecule has 0 aliphatic heterocycles. The largest absolute Gasteiger partial charge is 0.363 e. The number of benzene rings is 1. The van der Waals surface area contributed by atoms with Crippen LogP contribution >= 0.6 is 24.0 Å². The van der Waals surface area contributed by atoms with E-state index in [1.54, 1.807) is 0 Å². The van der Waals surface area contributed by atoms with Crippen molar-refractivity contribution in [2.75, 3.05) is 32.1 Å². The van der Waals surface area contributed by atoms with E-state index in [1.807, 2.05) is 37.2 Å². The number of halogens is 1. The fourth-order valence-corrected chi connectivity index (χ4v) is 2.65. The Morgan fingerprint density at radius 1 is 1.15 bits per heavy atom. The predicted octanol–water partition coefficient (Wildman–Crippen LogP) is 3.93. The highest BCUT2D eigenvalue weighted by Gasteiger charge is 2.07. The molecule has 0 bridgehead atoms. The summed E-state index contributed by atoms with van der Waals surface area (Å²) in [5.41, 5.74) is 3.59. The third-order valence-corrected chi connectivity index (χ3v) is 4.18. The SMILES string of the molecule is CCNC(=NCc1cccc(N(C)C)n1)NCC(C)c1cccc(C)c1.I. The van der Waals surface area contributed by atoms with Gasteiger partial charge < -0.3 is 15.5 Å². The number of guanidine groups is 1. The molecule has 1 unspecified atom stereocenters. The molecule has 1 aromatic carbocycles. The Balaban J connectivity index is 0.00000364. The van der Waals surface area contributed by atoms with E-state index >= 15 is 0 Å². The van der Waals surface area contributed by atoms with Crippen molar-refractivity contribution in [3.63, 3.8) is 0 Å². The summed E-state index contributed by atoms with van der Waals surface area (Å²) in [5, 5.41) is 6.76. The van der Waals surface area contributed by atoms with E-state index in [1.165, 1.54) is 11.1 Å². The van der Waals surface area contributed by atoms with Gasteiger partial charge in [-0.15, -0.1) is 24.0 Å².